The van der Waals surface area contributed by atoms with Gasteiger partial charge in [-0.15, -0.1) is 0 Å². The second-order valence-corrected chi connectivity index (χ2v) is 4.19. The van der Waals surface area contributed by atoms with E-state index in [1.165, 1.54) is 18.7 Å². The third-order valence-corrected chi connectivity index (χ3v) is 2.79. The van der Waals surface area contributed by atoms with Gasteiger partial charge in [0.05, 0.1) is 11.7 Å². The molecule has 1 aromatic carbocycles. The third kappa shape index (κ3) is 2.76. The number of nitrogens with zero attached hydrogens (tertiary/aromatic N) is 3. The molecule has 0 bridgehead atoms. The van der Waals surface area contributed by atoms with E-state index in [1.807, 2.05) is 6.07 Å². The molecule has 0 radical (unpaired) electrons. The normalized spacial score (nSPS) is 10.3. The summed E-state index contributed by atoms with van der Waals surface area (Å²) in [6.45, 7) is 0. The number of pyridine rings is 1. The Hall–Kier alpha value is -3.09. The first kappa shape index (κ1) is 12.9. The Kier molecular flexibility index (Phi) is 3.38. The number of carbonyl (C=O) groups is 1. The SMILES string of the molecule is O=C(Nc1ccccc1)Nc1c(F)ncc2ncncc12. The largest absolute Gasteiger partial charge is 0.323 e. The summed E-state index contributed by atoms with van der Waals surface area (Å²) >= 11 is 0. The maximum atomic E-state index is 13.8. The molecule has 0 spiro atoms. The summed E-state index contributed by atoms with van der Waals surface area (Å²) in [4.78, 5) is 23.3. The van der Waals surface area contributed by atoms with Crippen molar-refractivity contribution in [2.45, 2.75) is 0 Å². The molecule has 2 amide bonds. The van der Waals surface area contributed by atoms with Crippen LogP contribution in [0.2, 0.25) is 0 Å². The van der Waals surface area contributed by atoms with E-state index in [0.29, 0.717) is 16.6 Å². The number of hydrogen-bond donors (Lipinski definition) is 2. The molecule has 7 heteroatoms. The zero-order valence-electron chi connectivity index (χ0n) is 10.7. The Morgan fingerprint density at radius 2 is 1.86 bits per heavy atom. The maximum Gasteiger partial charge on any atom is 0.323 e. The number of benzene rings is 1. The van der Waals surface area contributed by atoms with E-state index in [9.17, 15) is 9.18 Å². The van der Waals surface area contributed by atoms with Gasteiger partial charge < -0.3 is 10.6 Å². The summed E-state index contributed by atoms with van der Waals surface area (Å²) < 4.78 is 13.8. The molecule has 0 saturated carbocycles. The van der Waals surface area contributed by atoms with E-state index in [2.05, 4.69) is 25.6 Å². The van der Waals surface area contributed by atoms with Crippen molar-refractivity contribution in [1.82, 2.24) is 15.0 Å². The number of para-hydroxylation sites is 1. The van der Waals surface area contributed by atoms with Crippen LogP contribution in [0.25, 0.3) is 10.9 Å². The molecule has 104 valence electrons. The molecule has 0 saturated heterocycles. The van der Waals surface area contributed by atoms with Crippen molar-refractivity contribution in [3.63, 3.8) is 0 Å². The lowest BCUT2D eigenvalue weighted by Crippen LogP contribution is -2.20. The standard InChI is InChI=1S/C14H10FN5O/c15-13-12(10-6-16-8-18-11(10)7-17-13)20-14(21)19-9-4-2-1-3-5-9/h1-8H,(H2,19,20,21). The highest BCUT2D eigenvalue weighted by atomic mass is 19.1. The number of rotatable bonds is 2. The summed E-state index contributed by atoms with van der Waals surface area (Å²) in [6, 6.07) is 8.26. The van der Waals surface area contributed by atoms with Gasteiger partial charge in [-0.05, 0) is 12.1 Å². The number of nitrogens with one attached hydrogen (secondary N) is 2. The molecule has 6 nitrogen and oxygen atoms in total. The number of halogens is 1. The number of hydrogen-bond acceptors (Lipinski definition) is 4. The molecule has 2 heterocycles. The average Bonchev–Trinajstić information content (AvgIpc) is 2.51. The van der Waals surface area contributed by atoms with Crippen molar-refractivity contribution >= 4 is 28.3 Å². The van der Waals surface area contributed by atoms with E-state index < -0.39 is 12.0 Å². The lowest BCUT2D eigenvalue weighted by Gasteiger charge is -2.09. The molecule has 0 fully saturated rings. The van der Waals surface area contributed by atoms with Crippen molar-refractivity contribution < 1.29 is 9.18 Å². The van der Waals surface area contributed by atoms with Crippen LogP contribution in [0, 0.1) is 5.95 Å². The van der Waals surface area contributed by atoms with E-state index in [1.54, 1.807) is 24.3 Å². The van der Waals surface area contributed by atoms with Crippen LogP contribution < -0.4 is 10.6 Å². The minimum Gasteiger partial charge on any atom is -0.308 e. The predicted molar refractivity (Wildman–Crippen MR) is 76.4 cm³/mol. The van der Waals surface area contributed by atoms with Gasteiger partial charge in [0, 0.05) is 17.3 Å². The van der Waals surface area contributed by atoms with Gasteiger partial charge >= 0.3 is 6.03 Å². The second-order valence-electron chi connectivity index (χ2n) is 4.19. The maximum absolute atomic E-state index is 13.8. The van der Waals surface area contributed by atoms with Gasteiger partial charge in [0.25, 0.3) is 0 Å². The van der Waals surface area contributed by atoms with E-state index in [-0.39, 0.29) is 5.69 Å². The molecule has 2 aromatic heterocycles. The zero-order valence-corrected chi connectivity index (χ0v) is 10.7. The van der Waals surface area contributed by atoms with E-state index in [4.69, 9.17) is 0 Å². The van der Waals surface area contributed by atoms with Crippen LogP contribution in [-0.4, -0.2) is 21.0 Å². The van der Waals surface area contributed by atoms with Crippen LogP contribution in [0.15, 0.2) is 49.1 Å². The lowest BCUT2D eigenvalue weighted by molar-refractivity contribution is 0.262. The molecule has 2 N–H and O–H groups in total. The summed E-state index contributed by atoms with van der Waals surface area (Å²) in [5.41, 5.74) is 0.989. The quantitative estimate of drug-likeness (QED) is 0.709. The summed E-state index contributed by atoms with van der Waals surface area (Å²) in [5, 5.41) is 5.41. The summed E-state index contributed by atoms with van der Waals surface area (Å²) in [6.07, 6.45) is 4.04. The first-order chi connectivity index (χ1) is 10.2. The monoisotopic (exact) mass is 283 g/mol. The van der Waals surface area contributed by atoms with Crippen LogP contribution in [0.4, 0.5) is 20.6 Å². The van der Waals surface area contributed by atoms with E-state index >= 15 is 0 Å². The highest BCUT2D eigenvalue weighted by Gasteiger charge is 2.13. The van der Waals surface area contributed by atoms with Gasteiger partial charge in [-0.25, -0.2) is 19.7 Å². The first-order valence-electron chi connectivity index (χ1n) is 6.11. The molecule has 3 aromatic rings. The molecule has 21 heavy (non-hydrogen) atoms. The third-order valence-electron chi connectivity index (χ3n) is 2.79. The summed E-state index contributed by atoms with van der Waals surface area (Å²) in [7, 11) is 0. The highest BCUT2D eigenvalue weighted by Crippen LogP contribution is 2.22. The number of carbonyl (C=O) groups excluding carboxylic acids is 1. The molecular formula is C14H10FN5O. The summed E-state index contributed by atoms with van der Waals surface area (Å²) in [5.74, 6) is -0.791. The molecule has 0 atom stereocenters. The number of amides is 2. The predicted octanol–water partition coefficient (Wildman–Crippen LogP) is 2.81. The van der Waals surface area contributed by atoms with Crippen LogP contribution in [-0.2, 0) is 0 Å². The topological polar surface area (TPSA) is 79.8 Å². The Balaban J connectivity index is 1.88. The minimum absolute atomic E-state index is 0.0541. The Bertz CT molecular complexity index is 794. The molecule has 0 aliphatic carbocycles. The van der Waals surface area contributed by atoms with Gasteiger partial charge in [0.15, 0.2) is 0 Å². The lowest BCUT2D eigenvalue weighted by atomic mass is 10.2. The average molecular weight is 283 g/mol. The van der Waals surface area contributed by atoms with Crippen molar-refractivity contribution in [3.8, 4) is 0 Å². The van der Waals surface area contributed by atoms with E-state index in [0.717, 1.165) is 0 Å². The number of fused-ring (bicyclic) bond motifs is 1. The fourth-order valence-corrected chi connectivity index (χ4v) is 1.84. The fourth-order valence-electron chi connectivity index (χ4n) is 1.84. The van der Waals surface area contributed by atoms with Gasteiger partial charge in [-0.3, -0.25) is 0 Å². The van der Waals surface area contributed by atoms with Gasteiger partial charge in [0.1, 0.15) is 12.0 Å². The number of anilines is 2. The fraction of sp³-hybridized carbons (Fsp3) is 0. The second kappa shape index (κ2) is 5.49. The molecular weight excluding hydrogens is 273 g/mol. The molecule has 0 aliphatic rings. The van der Waals surface area contributed by atoms with Crippen LogP contribution in [0.1, 0.15) is 0 Å². The molecule has 0 unspecified atom stereocenters. The number of aromatic nitrogens is 3. The highest BCUT2D eigenvalue weighted by molar-refractivity contribution is 6.05. The van der Waals surface area contributed by atoms with Gasteiger partial charge in [0.2, 0.25) is 5.95 Å². The van der Waals surface area contributed by atoms with Gasteiger partial charge in [-0.2, -0.15) is 4.39 Å². The van der Waals surface area contributed by atoms with Gasteiger partial charge in [-0.1, -0.05) is 18.2 Å². The minimum atomic E-state index is -0.791. The Morgan fingerprint density at radius 3 is 2.67 bits per heavy atom. The molecule has 3 rings (SSSR count). The number of urea groups is 1. The van der Waals surface area contributed by atoms with Crippen molar-refractivity contribution in [2.24, 2.45) is 0 Å². The van der Waals surface area contributed by atoms with Crippen LogP contribution in [0.5, 0.6) is 0 Å². The molecule has 0 aliphatic heterocycles. The zero-order chi connectivity index (χ0) is 14.7. The smallest absolute Gasteiger partial charge is 0.308 e. The van der Waals surface area contributed by atoms with Crippen molar-refractivity contribution in [3.05, 3.63) is 55.0 Å². The van der Waals surface area contributed by atoms with Crippen LogP contribution in [0.3, 0.4) is 0 Å². The Labute approximate surface area is 119 Å². The van der Waals surface area contributed by atoms with Crippen molar-refractivity contribution in [2.75, 3.05) is 10.6 Å². The first-order valence-corrected chi connectivity index (χ1v) is 6.11. The Morgan fingerprint density at radius 1 is 1.05 bits per heavy atom. The van der Waals surface area contributed by atoms with Crippen LogP contribution >= 0.6 is 0 Å². The van der Waals surface area contributed by atoms with Crippen molar-refractivity contribution in [1.29, 1.82) is 0 Å².